The van der Waals surface area contributed by atoms with E-state index in [-0.39, 0.29) is 29.3 Å². The Bertz CT molecular complexity index is 1570. The molecule has 13 nitrogen and oxygen atoms in total. The molecule has 1 aliphatic rings. The highest BCUT2D eigenvalue weighted by atomic mass is 32.2. The normalized spacial score (nSPS) is 15.4. The van der Waals surface area contributed by atoms with E-state index in [9.17, 15) is 36.0 Å². The number of hydrogen-bond acceptors (Lipinski definition) is 9. The Morgan fingerprint density at radius 3 is 2.23 bits per heavy atom. The van der Waals surface area contributed by atoms with Gasteiger partial charge >= 0.3 is 12.1 Å². The van der Waals surface area contributed by atoms with Crippen LogP contribution in [0.3, 0.4) is 0 Å². The summed E-state index contributed by atoms with van der Waals surface area (Å²) in [7, 11) is -2.98. The number of carbonyl (C=O) groups excluding carboxylic acids is 3. The third-order valence-electron chi connectivity index (χ3n) is 6.11. The van der Waals surface area contributed by atoms with Crippen LogP contribution in [-0.4, -0.2) is 93.6 Å². The molecule has 4 N–H and O–H groups in total. The third-order valence-corrected chi connectivity index (χ3v) is 7.71. The van der Waals surface area contributed by atoms with E-state index in [0.29, 0.717) is 25.3 Å². The summed E-state index contributed by atoms with van der Waals surface area (Å²) >= 11 is 0. The summed E-state index contributed by atoms with van der Waals surface area (Å²) in [4.78, 5) is 52.4. The first-order valence-corrected chi connectivity index (χ1v) is 14.4. The van der Waals surface area contributed by atoms with Crippen LogP contribution < -0.4 is 11.1 Å². The fourth-order valence-electron chi connectivity index (χ4n) is 3.92. The molecule has 2 amide bonds. The fraction of sp³-hybridized carbons (Fsp3) is 0.308. The molecular weight excluding hydrogens is 597 g/mol. The van der Waals surface area contributed by atoms with Crippen LogP contribution in [0.2, 0.25) is 0 Å². The lowest BCUT2D eigenvalue weighted by molar-refractivity contribution is -0.192. The molecule has 1 aromatic carbocycles. The number of Topliss-reactive ketones (excluding diaryl/α,β-unsaturated/α-hetero) is 1. The summed E-state index contributed by atoms with van der Waals surface area (Å²) in [6, 6.07) is 12.7. The van der Waals surface area contributed by atoms with E-state index in [1.165, 1.54) is 10.9 Å². The zero-order valence-corrected chi connectivity index (χ0v) is 23.2. The number of aromatic nitrogens is 3. The maximum Gasteiger partial charge on any atom is 0.490 e. The van der Waals surface area contributed by atoms with Crippen LogP contribution in [0.4, 0.5) is 13.2 Å². The lowest BCUT2D eigenvalue weighted by atomic mass is 10.0. The first-order valence-electron chi connectivity index (χ1n) is 12.6. The second-order valence-electron chi connectivity index (χ2n) is 9.30. The summed E-state index contributed by atoms with van der Waals surface area (Å²) in [5, 5.41) is 14.2. The van der Waals surface area contributed by atoms with Crippen LogP contribution in [-0.2, 0) is 37.2 Å². The number of amides is 2. The highest BCUT2D eigenvalue weighted by Crippen LogP contribution is 2.15. The van der Waals surface area contributed by atoms with Crippen molar-refractivity contribution in [2.24, 2.45) is 5.73 Å². The number of ketones is 1. The van der Waals surface area contributed by atoms with Gasteiger partial charge < -0.3 is 16.2 Å². The SMILES string of the molecule is NC(=O)C(=O)C(Cc1ccccc1)NC(=O)c1cccnc1-n1ccc(CN2CCS(=O)(=O)CC2)n1.O=C(O)C(F)(F)F. The zero-order valence-electron chi connectivity index (χ0n) is 22.4. The van der Waals surface area contributed by atoms with Crippen molar-refractivity contribution in [1.82, 2.24) is 25.0 Å². The smallest absolute Gasteiger partial charge is 0.475 e. The van der Waals surface area contributed by atoms with E-state index < -0.39 is 45.6 Å². The molecule has 1 atom stereocenters. The van der Waals surface area contributed by atoms with E-state index in [2.05, 4.69) is 15.4 Å². The van der Waals surface area contributed by atoms with E-state index in [0.717, 1.165) is 5.56 Å². The standard InChI is InChI=1S/C24H26N6O5S.C2HF3O2/c25-22(32)21(31)20(15-17-5-2-1-3-6-17)27-24(33)19-7-4-9-26-23(19)30-10-8-18(28-30)16-29-11-13-36(34,35)14-12-29;3-2(4,5)1(6)7/h1-10,20H,11-16H2,(H2,25,32)(H,27,33);(H,6,7). The molecule has 1 saturated heterocycles. The van der Waals surface area contributed by atoms with Crippen molar-refractivity contribution >= 4 is 33.4 Å². The number of benzene rings is 1. The molecule has 43 heavy (non-hydrogen) atoms. The number of aliphatic carboxylic acids is 1. The molecule has 1 fully saturated rings. The van der Waals surface area contributed by atoms with Gasteiger partial charge in [-0.1, -0.05) is 30.3 Å². The molecule has 17 heteroatoms. The molecule has 1 aliphatic heterocycles. The predicted octanol–water partition coefficient (Wildman–Crippen LogP) is 0.527. The van der Waals surface area contributed by atoms with E-state index >= 15 is 0 Å². The van der Waals surface area contributed by atoms with Crippen molar-refractivity contribution < 1.29 is 45.9 Å². The number of carboxylic acid groups (broad SMARTS) is 1. The van der Waals surface area contributed by atoms with Gasteiger partial charge in [0.25, 0.3) is 11.8 Å². The van der Waals surface area contributed by atoms with Crippen molar-refractivity contribution in [3.05, 3.63) is 77.7 Å². The minimum atomic E-state index is -5.08. The Morgan fingerprint density at radius 1 is 1.02 bits per heavy atom. The molecule has 0 spiro atoms. The lowest BCUT2D eigenvalue weighted by Gasteiger charge is -2.25. The van der Waals surface area contributed by atoms with Crippen LogP contribution in [0, 0.1) is 0 Å². The van der Waals surface area contributed by atoms with Crippen molar-refractivity contribution in [1.29, 1.82) is 0 Å². The summed E-state index contributed by atoms with van der Waals surface area (Å²) in [5.41, 5.74) is 6.82. The fourth-order valence-corrected chi connectivity index (χ4v) is 5.20. The van der Waals surface area contributed by atoms with Crippen LogP contribution >= 0.6 is 0 Å². The summed E-state index contributed by atoms with van der Waals surface area (Å²) in [5.74, 6) is -4.92. The predicted molar refractivity (Wildman–Crippen MR) is 145 cm³/mol. The molecule has 1 unspecified atom stereocenters. The monoisotopic (exact) mass is 624 g/mol. The highest BCUT2D eigenvalue weighted by molar-refractivity contribution is 7.91. The summed E-state index contributed by atoms with van der Waals surface area (Å²) in [6.07, 6.45) is -1.81. The third kappa shape index (κ3) is 9.71. The number of halogens is 3. The molecule has 0 radical (unpaired) electrons. The van der Waals surface area contributed by atoms with Gasteiger partial charge in [0.1, 0.15) is 6.04 Å². The number of pyridine rings is 1. The Kier molecular flexibility index (Phi) is 10.7. The summed E-state index contributed by atoms with van der Waals surface area (Å²) < 4.78 is 56.5. The number of sulfone groups is 1. The molecule has 3 heterocycles. The minimum Gasteiger partial charge on any atom is -0.475 e. The molecule has 4 rings (SSSR count). The quantitative estimate of drug-likeness (QED) is 0.283. The Hall–Kier alpha value is -4.64. The Labute approximate surface area is 243 Å². The van der Waals surface area contributed by atoms with Gasteiger partial charge in [-0.25, -0.2) is 22.9 Å². The van der Waals surface area contributed by atoms with Crippen LogP contribution in [0.1, 0.15) is 21.6 Å². The van der Waals surface area contributed by atoms with Gasteiger partial charge in [0.05, 0.1) is 22.8 Å². The summed E-state index contributed by atoms with van der Waals surface area (Å²) in [6.45, 7) is 1.33. The van der Waals surface area contributed by atoms with Gasteiger partial charge in [0.15, 0.2) is 15.7 Å². The van der Waals surface area contributed by atoms with E-state index in [1.54, 1.807) is 48.7 Å². The first kappa shape index (κ1) is 32.9. The number of carboxylic acids is 1. The van der Waals surface area contributed by atoms with E-state index in [4.69, 9.17) is 15.6 Å². The topological polar surface area (TPSA) is 195 Å². The van der Waals surface area contributed by atoms with Crippen molar-refractivity contribution in [3.8, 4) is 5.82 Å². The molecule has 0 bridgehead atoms. The largest absolute Gasteiger partial charge is 0.490 e. The average molecular weight is 625 g/mol. The number of nitrogens with two attached hydrogens (primary N) is 1. The van der Waals surface area contributed by atoms with Gasteiger partial charge in [-0.15, -0.1) is 0 Å². The first-order chi connectivity index (χ1) is 20.2. The number of nitrogens with one attached hydrogen (secondary N) is 1. The molecular formula is C26H27F3N6O7S. The van der Waals surface area contributed by atoms with Crippen molar-refractivity contribution in [2.45, 2.75) is 25.2 Å². The van der Waals surface area contributed by atoms with Crippen LogP contribution in [0.25, 0.3) is 5.82 Å². The average Bonchev–Trinajstić information content (AvgIpc) is 3.42. The number of primary amides is 1. The second-order valence-corrected chi connectivity index (χ2v) is 11.6. The molecule has 2 aromatic heterocycles. The Morgan fingerprint density at radius 2 is 1.65 bits per heavy atom. The number of rotatable bonds is 9. The molecule has 3 aromatic rings. The molecule has 0 aliphatic carbocycles. The highest BCUT2D eigenvalue weighted by Gasteiger charge is 2.38. The molecule has 230 valence electrons. The lowest BCUT2D eigenvalue weighted by Crippen LogP contribution is -2.47. The van der Waals surface area contributed by atoms with E-state index in [1.807, 2.05) is 11.0 Å². The maximum atomic E-state index is 13.2. The Balaban J connectivity index is 0.000000646. The van der Waals surface area contributed by atoms with Gasteiger partial charge in [0.2, 0.25) is 5.78 Å². The molecule has 0 saturated carbocycles. The van der Waals surface area contributed by atoms with Crippen molar-refractivity contribution in [3.63, 3.8) is 0 Å². The van der Waals surface area contributed by atoms with Crippen LogP contribution in [0.5, 0.6) is 0 Å². The second kappa shape index (κ2) is 14.0. The maximum absolute atomic E-state index is 13.2. The van der Waals surface area contributed by atoms with Gasteiger partial charge in [0, 0.05) is 38.4 Å². The van der Waals surface area contributed by atoms with Gasteiger partial charge in [-0.3, -0.25) is 19.3 Å². The zero-order chi connectivity index (χ0) is 31.8. The minimum absolute atomic E-state index is 0.0986. The number of hydrogen-bond donors (Lipinski definition) is 3. The van der Waals surface area contributed by atoms with Crippen LogP contribution in [0.15, 0.2) is 60.9 Å². The number of nitrogens with zero attached hydrogens (tertiary/aromatic N) is 4. The number of alkyl halides is 3. The number of carbonyl (C=O) groups is 4. The van der Waals surface area contributed by atoms with Crippen molar-refractivity contribution in [2.75, 3.05) is 24.6 Å². The van der Waals surface area contributed by atoms with Gasteiger partial charge in [-0.2, -0.15) is 18.3 Å². The van der Waals surface area contributed by atoms with Gasteiger partial charge in [-0.05, 0) is 23.8 Å².